The fraction of sp³-hybridized carbons (Fsp3) is 0.0500. The molecule has 47 heavy (non-hydrogen) atoms. The summed E-state index contributed by atoms with van der Waals surface area (Å²) in [5, 5.41) is 2.21. The SMILES string of the molecule is C[N+]1(N2[CH-]N(c3[c-]c([C@]4(c5ccccn5)c5[c-]cccc5-c5ccccc54)ccc3)c3ncccc32)C=CN(c2[c-]cccc2)[CH-]1.[Ir]. The number of quaternary nitrogens is 1. The maximum atomic E-state index is 4.97. The molecule has 1 aliphatic carbocycles. The van der Waals surface area contributed by atoms with E-state index >= 15 is 0 Å². The van der Waals surface area contributed by atoms with Crippen molar-refractivity contribution in [3.8, 4) is 11.1 Å². The van der Waals surface area contributed by atoms with Crippen molar-refractivity contribution >= 4 is 22.9 Å². The molecule has 6 aromatic rings. The Morgan fingerprint density at radius 3 is 2.43 bits per heavy atom. The Kier molecular flexibility index (Phi) is 7.07. The first-order chi connectivity index (χ1) is 22.7. The average molecular weight is 785 g/mol. The van der Waals surface area contributed by atoms with Crippen LogP contribution in [0.1, 0.15) is 22.4 Å². The van der Waals surface area contributed by atoms with Crippen LogP contribution in [-0.2, 0) is 25.5 Å². The molecule has 0 amide bonds. The molecule has 6 nitrogen and oxygen atoms in total. The van der Waals surface area contributed by atoms with Gasteiger partial charge in [0.25, 0.3) is 0 Å². The molecule has 2 atom stereocenters. The number of aromatic nitrogens is 2. The molecule has 2 aromatic heterocycles. The van der Waals surface area contributed by atoms with Crippen LogP contribution in [0.3, 0.4) is 0 Å². The zero-order valence-corrected chi connectivity index (χ0v) is 27.8. The van der Waals surface area contributed by atoms with Gasteiger partial charge in [0.15, 0.2) is 0 Å². The van der Waals surface area contributed by atoms with E-state index in [1.807, 2.05) is 48.8 Å². The number of hydrogen-bond donors (Lipinski definition) is 0. The molecule has 7 heteroatoms. The zero-order chi connectivity index (χ0) is 30.7. The van der Waals surface area contributed by atoms with Gasteiger partial charge >= 0.3 is 0 Å². The predicted molar refractivity (Wildman–Crippen MR) is 180 cm³/mol. The molecule has 4 aromatic carbocycles. The Balaban J connectivity index is 0.00000324. The first-order valence-corrected chi connectivity index (χ1v) is 15.3. The topological polar surface area (TPSA) is 35.5 Å². The molecule has 1 radical (unpaired) electrons. The summed E-state index contributed by atoms with van der Waals surface area (Å²) in [5.41, 5.74) is 8.75. The van der Waals surface area contributed by atoms with E-state index in [4.69, 9.17) is 9.97 Å². The van der Waals surface area contributed by atoms with Crippen molar-refractivity contribution in [1.29, 1.82) is 0 Å². The van der Waals surface area contributed by atoms with Crippen molar-refractivity contribution in [3.63, 3.8) is 0 Å². The van der Waals surface area contributed by atoms with Gasteiger partial charge in [-0.15, -0.1) is 40.2 Å². The minimum absolute atomic E-state index is 0. The van der Waals surface area contributed by atoms with Crippen LogP contribution in [0.4, 0.5) is 22.9 Å². The van der Waals surface area contributed by atoms with E-state index in [9.17, 15) is 0 Å². The standard InChI is InChI=1S/C40H28N6.Ir/c1-46(26-25-43(29-46)31-14-3-2-4-15-31)45-28-44(39-37(45)21-12-24-42-39)32-16-11-13-30(27-32)40(38-22-9-10-23-41-38)35-19-7-5-17-33(35)34-18-6-8-20-36(34)40;/h2-14,16-19,21-26,28-29H,1H3;/q-4;/t40-,46?;/m1./s1. The molecular weight excluding hydrogens is 757 g/mol. The molecule has 0 N–H and O–H groups in total. The third-order valence-electron chi connectivity index (χ3n) is 9.13. The maximum Gasteiger partial charge on any atom is 0.129 e. The number of anilines is 4. The van der Waals surface area contributed by atoms with Crippen LogP contribution in [0.5, 0.6) is 0 Å². The number of fused-ring (bicyclic) bond motifs is 4. The summed E-state index contributed by atoms with van der Waals surface area (Å²) in [6.45, 7) is 4.27. The Bertz CT molecular complexity index is 2070. The van der Waals surface area contributed by atoms with Crippen LogP contribution >= 0.6 is 0 Å². The van der Waals surface area contributed by atoms with Crippen LogP contribution in [0.2, 0.25) is 0 Å². The smallest absolute Gasteiger partial charge is 0.129 e. The third-order valence-corrected chi connectivity index (χ3v) is 9.13. The van der Waals surface area contributed by atoms with E-state index in [2.05, 4.69) is 145 Å². The first-order valence-electron chi connectivity index (χ1n) is 15.3. The molecule has 0 saturated carbocycles. The Labute approximate surface area is 288 Å². The van der Waals surface area contributed by atoms with Gasteiger partial charge < -0.3 is 19.4 Å². The van der Waals surface area contributed by atoms with Crippen molar-refractivity contribution in [2.75, 3.05) is 21.9 Å². The van der Waals surface area contributed by atoms with Gasteiger partial charge in [-0.3, -0.25) is 4.98 Å². The molecule has 0 spiro atoms. The fourth-order valence-corrected chi connectivity index (χ4v) is 7.08. The number of pyridine rings is 2. The van der Waals surface area contributed by atoms with Gasteiger partial charge in [-0.2, -0.15) is 66.7 Å². The van der Waals surface area contributed by atoms with Gasteiger partial charge in [0.05, 0.1) is 18.4 Å². The third kappa shape index (κ3) is 4.39. The molecule has 0 saturated heterocycles. The van der Waals surface area contributed by atoms with Gasteiger partial charge in [-0.1, -0.05) is 42.6 Å². The molecule has 4 heterocycles. The number of benzene rings is 4. The van der Waals surface area contributed by atoms with Crippen LogP contribution in [0, 0.1) is 31.5 Å². The van der Waals surface area contributed by atoms with E-state index < -0.39 is 5.41 Å². The normalized spacial score (nSPS) is 20.5. The Morgan fingerprint density at radius 2 is 1.55 bits per heavy atom. The van der Waals surface area contributed by atoms with Gasteiger partial charge in [-0.25, -0.2) is 4.98 Å². The minimum atomic E-state index is -0.687. The van der Waals surface area contributed by atoms with Gasteiger partial charge in [0.2, 0.25) is 0 Å². The summed E-state index contributed by atoms with van der Waals surface area (Å²) < 4.78 is 0.394. The monoisotopic (exact) mass is 785 g/mol. The summed E-state index contributed by atoms with van der Waals surface area (Å²) in [6.07, 6.45) is 7.94. The second-order valence-electron chi connectivity index (χ2n) is 11.8. The van der Waals surface area contributed by atoms with Crippen LogP contribution < -0.4 is 14.8 Å². The maximum absolute atomic E-state index is 4.97. The molecule has 0 fully saturated rings. The van der Waals surface area contributed by atoms with Crippen molar-refractivity contribution in [2.45, 2.75) is 5.41 Å². The largest absolute Gasteiger partial charge is 0.473 e. The number of para-hydroxylation sites is 1. The van der Waals surface area contributed by atoms with Gasteiger partial charge in [0.1, 0.15) is 12.0 Å². The summed E-state index contributed by atoms with van der Waals surface area (Å²) in [5.74, 6) is 0.840. The van der Waals surface area contributed by atoms with Crippen molar-refractivity contribution in [1.82, 2.24) is 9.97 Å². The first kappa shape index (κ1) is 29.3. The predicted octanol–water partition coefficient (Wildman–Crippen LogP) is 7.79. The summed E-state index contributed by atoms with van der Waals surface area (Å²) in [7, 11) is 2.15. The van der Waals surface area contributed by atoms with Crippen molar-refractivity contribution < 1.29 is 24.7 Å². The molecule has 1 unspecified atom stereocenters. The summed E-state index contributed by atoms with van der Waals surface area (Å²) in [4.78, 5) is 14.1. The van der Waals surface area contributed by atoms with Gasteiger partial charge in [0, 0.05) is 44.1 Å². The minimum Gasteiger partial charge on any atom is -0.473 e. The second-order valence-corrected chi connectivity index (χ2v) is 11.8. The van der Waals surface area contributed by atoms with E-state index in [-0.39, 0.29) is 20.1 Å². The molecule has 9 rings (SSSR count). The van der Waals surface area contributed by atoms with E-state index in [0.29, 0.717) is 4.59 Å². The van der Waals surface area contributed by atoms with Crippen molar-refractivity contribution in [2.24, 2.45) is 0 Å². The van der Waals surface area contributed by atoms with E-state index in [1.54, 1.807) is 0 Å². The van der Waals surface area contributed by atoms with Crippen LogP contribution in [0.15, 0.2) is 140 Å². The number of nitrogens with zero attached hydrogens (tertiary/aromatic N) is 6. The fourth-order valence-electron chi connectivity index (χ4n) is 7.08. The second kappa shape index (κ2) is 11.3. The van der Waals surface area contributed by atoms with Gasteiger partial charge in [-0.05, 0) is 36.5 Å². The Morgan fingerprint density at radius 1 is 0.745 bits per heavy atom. The molecule has 2 aliphatic heterocycles. The van der Waals surface area contributed by atoms with Crippen molar-refractivity contribution in [3.05, 3.63) is 194 Å². The average Bonchev–Trinajstić information content (AvgIpc) is 3.81. The molecule has 0 bridgehead atoms. The number of hydrogen-bond acceptors (Lipinski definition) is 5. The summed E-state index contributed by atoms with van der Waals surface area (Å²) >= 11 is 0. The Hall–Kier alpha value is -5.07. The molecular formula is C40H28IrN6-4. The zero-order valence-electron chi connectivity index (χ0n) is 25.5. The number of rotatable bonds is 5. The molecule has 231 valence electrons. The van der Waals surface area contributed by atoms with Crippen LogP contribution in [0.25, 0.3) is 11.1 Å². The van der Waals surface area contributed by atoms with E-state index in [1.165, 1.54) is 16.7 Å². The van der Waals surface area contributed by atoms with E-state index in [0.717, 1.165) is 39.7 Å². The quantitative estimate of drug-likeness (QED) is 0.132. The summed E-state index contributed by atoms with van der Waals surface area (Å²) in [6, 6.07) is 50.3. The molecule has 3 aliphatic rings. The van der Waals surface area contributed by atoms with Crippen LogP contribution in [-0.4, -0.2) is 21.6 Å².